The normalized spacial score (nSPS) is 30.3. The van der Waals surface area contributed by atoms with Gasteiger partial charge in [-0.2, -0.15) is 9.40 Å². The van der Waals surface area contributed by atoms with Gasteiger partial charge in [0.2, 0.25) is 10.0 Å². The monoisotopic (exact) mass is 342 g/mol. The molecule has 0 amide bonds. The molecule has 0 unspecified atom stereocenters. The van der Waals surface area contributed by atoms with Gasteiger partial charge >= 0.3 is 0 Å². The first-order chi connectivity index (χ1) is 10.8. The van der Waals surface area contributed by atoms with Crippen LogP contribution in [0.5, 0.6) is 0 Å². The molecule has 2 atom stereocenters. The molecule has 1 aromatic heterocycles. The topological polar surface area (TPSA) is 78.7 Å². The van der Waals surface area contributed by atoms with E-state index in [1.54, 1.807) is 23.0 Å². The van der Waals surface area contributed by atoms with Crippen LogP contribution in [0, 0.1) is 12.3 Å². The SMILES string of the molecule is Cc1c(S(=O)(=O)N2CC[C@@]3(CO)CCCN(C)[C@@H]3C2)cnn1C. The summed E-state index contributed by atoms with van der Waals surface area (Å²) < 4.78 is 29.1. The molecule has 2 aliphatic heterocycles. The molecule has 0 aliphatic carbocycles. The van der Waals surface area contributed by atoms with Gasteiger partial charge in [-0.3, -0.25) is 4.68 Å². The van der Waals surface area contributed by atoms with Crippen LogP contribution in [0.15, 0.2) is 11.1 Å². The number of hydrogen-bond donors (Lipinski definition) is 1. The molecular weight excluding hydrogens is 316 g/mol. The van der Waals surface area contributed by atoms with E-state index in [0.29, 0.717) is 25.2 Å². The Hall–Kier alpha value is -0.960. The van der Waals surface area contributed by atoms with Crippen molar-refractivity contribution in [2.75, 3.05) is 33.3 Å². The second kappa shape index (κ2) is 5.84. The number of likely N-dealkylation sites (tertiary alicyclic amines) is 1. The van der Waals surface area contributed by atoms with Crippen LogP contribution in [0.2, 0.25) is 0 Å². The number of aromatic nitrogens is 2. The summed E-state index contributed by atoms with van der Waals surface area (Å²) in [5.41, 5.74) is 0.490. The van der Waals surface area contributed by atoms with E-state index in [4.69, 9.17) is 0 Å². The summed E-state index contributed by atoms with van der Waals surface area (Å²) in [5, 5.41) is 14.0. The molecule has 7 nitrogen and oxygen atoms in total. The number of sulfonamides is 1. The number of aliphatic hydroxyl groups excluding tert-OH is 1. The van der Waals surface area contributed by atoms with Crippen molar-refractivity contribution >= 4 is 10.0 Å². The predicted molar refractivity (Wildman–Crippen MR) is 86.5 cm³/mol. The number of rotatable bonds is 3. The summed E-state index contributed by atoms with van der Waals surface area (Å²) in [6, 6.07) is 0.0711. The van der Waals surface area contributed by atoms with Crippen molar-refractivity contribution in [1.82, 2.24) is 19.0 Å². The molecule has 3 heterocycles. The zero-order valence-electron chi connectivity index (χ0n) is 14.1. The van der Waals surface area contributed by atoms with E-state index in [2.05, 4.69) is 10.00 Å². The van der Waals surface area contributed by atoms with Crippen molar-refractivity contribution in [2.45, 2.75) is 37.1 Å². The quantitative estimate of drug-likeness (QED) is 0.849. The van der Waals surface area contributed by atoms with Crippen molar-refractivity contribution in [3.63, 3.8) is 0 Å². The van der Waals surface area contributed by atoms with Crippen LogP contribution in [0.3, 0.4) is 0 Å². The first-order valence-corrected chi connectivity index (χ1v) is 9.56. The largest absolute Gasteiger partial charge is 0.396 e. The minimum atomic E-state index is -3.54. The molecule has 0 bridgehead atoms. The standard InChI is InChI=1S/C15H26N4O3S/c1-12-13(9-16-18(12)3)23(21,22)19-8-6-15(11-20)5-4-7-17(2)14(15)10-19/h9,14,20H,4-8,10-11H2,1-3H3/t14-,15-/m1/s1. The minimum absolute atomic E-state index is 0.0711. The van der Waals surface area contributed by atoms with Crippen LogP contribution in [0.1, 0.15) is 25.0 Å². The van der Waals surface area contributed by atoms with Crippen molar-refractivity contribution in [2.24, 2.45) is 12.5 Å². The highest BCUT2D eigenvalue weighted by Crippen LogP contribution is 2.42. The molecule has 2 aliphatic rings. The number of aliphatic hydroxyl groups is 1. The average molecular weight is 342 g/mol. The Morgan fingerprint density at radius 2 is 2.09 bits per heavy atom. The Kier molecular flexibility index (Phi) is 4.29. The van der Waals surface area contributed by atoms with Crippen molar-refractivity contribution in [1.29, 1.82) is 0 Å². The van der Waals surface area contributed by atoms with Crippen LogP contribution in [-0.2, 0) is 17.1 Å². The molecule has 0 saturated carbocycles. The Morgan fingerprint density at radius 1 is 1.35 bits per heavy atom. The maximum absolute atomic E-state index is 13.0. The Morgan fingerprint density at radius 3 is 2.70 bits per heavy atom. The fourth-order valence-electron chi connectivity index (χ4n) is 4.08. The third-order valence-electron chi connectivity index (χ3n) is 5.78. The van der Waals surface area contributed by atoms with Gasteiger partial charge in [0.05, 0.1) is 18.5 Å². The highest BCUT2D eigenvalue weighted by atomic mass is 32.2. The van der Waals surface area contributed by atoms with Crippen molar-refractivity contribution in [3.05, 3.63) is 11.9 Å². The molecule has 23 heavy (non-hydrogen) atoms. The number of piperidine rings is 2. The van der Waals surface area contributed by atoms with Crippen LogP contribution in [-0.4, -0.2) is 71.8 Å². The molecule has 0 radical (unpaired) electrons. The van der Waals surface area contributed by atoms with Crippen molar-refractivity contribution < 1.29 is 13.5 Å². The lowest BCUT2D eigenvalue weighted by atomic mass is 9.69. The highest BCUT2D eigenvalue weighted by molar-refractivity contribution is 7.89. The summed E-state index contributed by atoms with van der Waals surface area (Å²) in [6.45, 7) is 3.75. The van der Waals surface area contributed by atoms with Crippen LogP contribution in [0.4, 0.5) is 0 Å². The van der Waals surface area contributed by atoms with E-state index in [0.717, 1.165) is 19.4 Å². The second-order valence-corrected chi connectivity index (χ2v) is 8.86. The van der Waals surface area contributed by atoms with Crippen LogP contribution in [0.25, 0.3) is 0 Å². The molecule has 130 valence electrons. The number of nitrogens with zero attached hydrogens (tertiary/aromatic N) is 4. The van der Waals surface area contributed by atoms with E-state index in [1.807, 2.05) is 7.05 Å². The summed E-state index contributed by atoms with van der Waals surface area (Å²) in [5.74, 6) is 0. The Bertz CT molecular complexity index is 687. The third kappa shape index (κ3) is 2.61. The van der Waals surface area contributed by atoms with Crippen LogP contribution >= 0.6 is 0 Å². The van der Waals surface area contributed by atoms with Gasteiger partial charge in [-0.25, -0.2) is 8.42 Å². The zero-order valence-corrected chi connectivity index (χ0v) is 14.9. The smallest absolute Gasteiger partial charge is 0.246 e. The molecular formula is C15H26N4O3S. The third-order valence-corrected chi connectivity index (χ3v) is 7.75. The lowest BCUT2D eigenvalue weighted by Gasteiger charge is -2.53. The van der Waals surface area contributed by atoms with Crippen LogP contribution < -0.4 is 0 Å². The molecule has 8 heteroatoms. The molecule has 3 rings (SSSR count). The number of hydrogen-bond acceptors (Lipinski definition) is 5. The van der Waals surface area contributed by atoms with E-state index >= 15 is 0 Å². The van der Waals surface area contributed by atoms with E-state index in [9.17, 15) is 13.5 Å². The van der Waals surface area contributed by atoms with Gasteiger partial charge in [0, 0.05) is 31.6 Å². The van der Waals surface area contributed by atoms with E-state index in [-0.39, 0.29) is 23.0 Å². The van der Waals surface area contributed by atoms with Gasteiger partial charge in [-0.15, -0.1) is 0 Å². The molecule has 1 N–H and O–H groups in total. The maximum Gasteiger partial charge on any atom is 0.246 e. The summed E-state index contributed by atoms with van der Waals surface area (Å²) in [4.78, 5) is 2.49. The molecule has 2 saturated heterocycles. The minimum Gasteiger partial charge on any atom is -0.396 e. The molecule has 1 aromatic rings. The van der Waals surface area contributed by atoms with Gasteiger partial charge in [0.25, 0.3) is 0 Å². The zero-order chi connectivity index (χ0) is 16.8. The first-order valence-electron chi connectivity index (χ1n) is 8.12. The Labute approximate surface area is 137 Å². The Balaban J connectivity index is 1.90. The highest BCUT2D eigenvalue weighted by Gasteiger charge is 2.48. The van der Waals surface area contributed by atoms with Gasteiger partial charge in [-0.1, -0.05) is 0 Å². The second-order valence-electron chi connectivity index (χ2n) is 6.95. The lowest BCUT2D eigenvalue weighted by Crippen LogP contribution is -2.62. The summed E-state index contributed by atoms with van der Waals surface area (Å²) in [6.07, 6.45) is 4.17. The number of aryl methyl sites for hydroxylation is 1. The summed E-state index contributed by atoms with van der Waals surface area (Å²) >= 11 is 0. The van der Waals surface area contributed by atoms with Gasteiger partial charge in [-0.05, 0) is 39.8 Å². The van der Waals surface area contributed by atoms with E-state index in [1.165, 1.54) is 6.20 Å². The fraction of sp³-hybridized carbons (Fsp3) is 0.800. The van der Waals surface area contributed by atoms with E-state index < -0.39 is 10.0 Å². The van der Waals surface area contributed by atoms with Gasteiger partial charge < -0.3 is 10.0 Å². The van der Waals surface area contributed by atoms with Crippen molar-refractivity contribution in [3.8, 4) is 0 Å². The lowest BCUT2D eigenvalue weighted by molar-refractivity contribution is -0.0508. The number of fused-ring (bicyclic) bond motifs is 1. The van der Waals surface area contributed by atoms with Gasteiger partial charge in [0.15, 0.2) is 0 Å². The number of likely N-dealkylation sites (N-methyl/N-ethyl adjacent to an activating group) is 1. The predicted octanol–water partition coefficient (Wildman–Crippen LogP) is 0.196. The molecule has 0 aromatic carbocycles. The first kappa shape index (κ1) is 16.9. The fourth-order valence-corrected chi connectivity index (χ4v) is 5.71. The molecule has 2 fully saturated rings. The average Bonchev–Trinajstić information content (AvgIpc) is 2.87. The summed E-state index contributed by atoms with van der Waals surface area (Å²) in [7, 11) is 0.235. The van der Waals surface area contributed by atoms with Gasteiger partial charge in [0.1, 0.15) is 4.90 Å². The molecule has 0 spiro atoms. The maximum atomic E-state index is 13.0.